The molecule has 0 spiro atoms. The van der Waals surface area contributed by atoms with Crippen molar-refractivity contribution in [3.8, 4) is 11.4 Å². The van der Waals surface area contributed by atoms with Crippen LogP contribution in [0.5, 0.6) is 0 Å². The number of nitrogens with one attached hydrogen (secondary N) is 1. The highest BCUT2D eigenvalue weighted by atomic mass is 32.1. The van der Waals surface area contributed by atoms with Gasteiger partial charge in [0.1, 0.15) is 0 Å². The number of rotatable bonds is 5. The molecule has 2 aromatic rings. The molecule has 2 aromatic heterocycles. The summed E-state index contributed by atoms with van der Waals surface area (Å²) in [4.78, 5) is 4.15. The van der Waals surface area contributed by atoms with E-state index in [1.165, 1.54) is 0 Å². The molecule has 0 saturated carbocycles. The Morgan fingerprint density at radius 1 is 1.37 bits per heavy atom. The molecule has 0 amide bonds. The predicted molar refractivity (Wildman–Crippen MR) is 79.4 cm³/mol. The molecule has 0 aliphatic heterocycles. The van der Waals surface area contributed by atoms with Gasteiger partial charge in [0.25, 0.3) is 0 Å². The Kier molecular flexibility index (Phi) is 4.47. The molecule has 2 heterocycles. The van der Waals surface area contributed by atoms with E-state index in [0.29, 0.717) is 16.7 Å². The minimum Gasteiger partial charge on any atom is -0.297 e. The topological polar surface area (TPSA) is 46.5 Å². The van der Waals surface area contributed by atoms with Gasteiger partial charge in [-0.05, 0) is 37.2 Å². The van der Waals surface area contributed by atoms with E-state index in [4.69, 9.17) is 12.2 Å². The number of aromatic amines is 1. The largest absolute Gasteiger partial charge is 0.297 e. The molecule has 102 valence electrons. The van der Waals surface area contributed by atoms with E-state index in [2.05, 4.69) is 40.5 Å². The Labute approximate surface area is 118 Å². The summed E-state index contributed by atoms with van der Waals surface area (Å²) in [6.07, 6.45) is 5.86. The third-order valence-electron chi connectivity index (χ3n) is 3.76. The fourth-order valence-electron chi connectivity index (χ4n) is 2.56. The molecule has 0 aliphatic carbocycles. The first-order valence-electron chi connectivity index (χ1n) is 6.76. The lowest BCUT2D eigenvalue weighted by Crippen LogP contribution is -2.16. The second kappa shape index (κ2) is 6.10. The lowest BCUT2D eigenvalue weighted by atomic mass is 9.95. The second-order valence-corrected chi connectivity index (χ2v) is 5.17. The van der Waals surface area contributed by atoms with Crippen LogP contribution < -0.4 is 0 Å². The first kappa shape index (κ1) is 13.9. The highest BCUT2D eigenvalue weighted by Crippen LogP contribution is 2.28. The van der Waals surface area contributed by atoms with Gasteiger partial charge in [-0.25, -0.2) is 0 Å². The van der Waals surface area contributed by atoms with Gasteiger partial charge in [0.15, 0.2) is 10.6 Å². The normalized spacial score (nSPS) is 12.8. The molecule has 0 radical (unpaired) electrons. The summed E-state index contributed by atoms with van der Waals surface area (Å²) >= 11 is 5.39. The van der Waals surface area contributed by atoms with E-state index in [9.17, 15) is 0 Å². The molecule has 1 unspecified atom stereocenters. The minimum atomic E-state index is 0.330. The van der Waals surface area contributed by atoms with Crippen molar-refractivity contribution in [2.45, 2.75) is 39.7 Å². The van der Waals surface area contributed by atoms with E-state index >= 15 is 0 Å². The Bertz CT molecular complexity index is 569. The van der Waals surface area contributed by atoms with E-state index in [-0.39, 0.29) is 0 Å². The molecule has 0 aliphatic rings. The van der Waals surface area contributed by atoms with Crippen molar-refractivity contribution in [2.75, 3.05) is 0 Å². The number of pyridine rings is 1. The maximum atomic E-state index is 5.39. The summed E-state index contributed by atoms with van der Waals surface area (Å²) in [7, 11) is 0. The molecular formula is C14H20N4S. The lowest BCUT2D eigenvalue weighted by molar-refractivity contribution is 0.332. The maximum absolute atomic E-state index is 5.39. The van der Waals surface area contributed by atoms with Crippen LogP contribution >= 0.6 is 12.2 Å². The third kappa shape index (κ3) is 2.76. The molecule has 0 fully saturated rings. The highest BCUT2D eigenvalue weighted by molar-refractivity contribution is 7.71. The maximum Gasteiger partial charge on any atom is 0.195 e. The van der Waals surface area contributed by atoms with Crippen LogP contribution in [0.4, 0.5) is 0 Å². The van der Waals surface area contributed by atoms with E-state index in [1.807, 2.05) is 18.3 Å². The van der Waals surface area contributed by atoms with Crippen LogP contribution in [0, 0.1) is 10.7 Å². The quantitative estimate of drug-likeness (QED) is 0.840. The number of nitrogens with zero attached hydrogens (tertiary/aromatic N) is 3. The van der Waals surface area contributed by atoms with Crippen molar-refractivity contribution in [1.29, 1.82) is 0 Å². The van der Waals surface area contributed by atoms with Gasteiger partial charge in [0, 0.05) is 24.0 Å². The van der Waals surface area contributed by atoms with Gasteiger partial charge < -0.3 is 0 Å². The SMILES string of the molecule is CCC(CC)C(C)n1c(-c2cccnc2)n[nH]c1=S. The van der Waals surface area contributed by atoms with Gasteiger partial charge in [-0.3, -0.25) is 14.6 Å². The summed E-state index contributed by atoms with van der Waals surface area (Å²) in [6, 6.07) is 4.25. The summed E-state index contributed by atoms with van der Waals surface area (Å²) in [6.45, 7) is 6.65. The van der Waals surface area contributed by atoms with Crippen molar-refractivity contribution in [2.24, 2.45) is 5.92 Å². The standard InChI is InChI=1S/C14H20N4S/c1-4-11(5-2)10(3)18-13(16-17-14(18)19)12-7-6-8-15-9-12/h6-11H,4-5H2,1-3H3,(H,17,19). The van der Waals surface area contributed by atoms with Crippen LogP contribution in [0.1, 0.15) is 39.7 Å². The van der Waals surface area contributed by atoms with Gasteiger partial charge in [-0.15, -0.1) is 0 Å². The van der Waals surface area contributed by atoms with E-state index in [0.717, 1.165) is 24.2 Å². The Balaban J connectivity index is 2.47. The minimum absolute atomic E-state index is 0.330. The fraction of sp³-hybridized carbons (Fsp3) is 0.500. The molecule has 5 heteroatoms. The zero-order chi connectivity index (χ0) is 13.8. The molecule has 19 heavy (non-hydrogen) atoms. The van der Waals surface area contributed by atoms with Gasteiger partial charge in [-0.2, -0.15) is 5.10 Å². The van der Waals surface area contributed by atoms with E-state index < -0.39 is 0 Å². The molecule has 1 N–H and O–H groups in total. The van der Waals surface area contributed by atoms with Crippen molar-refractivity contribution in [1.82, 2.24) is 19.7 Å². The first-order valence-corrected chi connectivity index (χ1v) is 7.17. The highest BCUT2D eigenvalue weighted by Gasteiger charge is 2.20. The Morgan fingerprint density at radius 3 is 2.68 bits per heavy atom. The average molecular weight is 276 g/mol. The van der Waals surface area contributed by atoms with Gasteiger partial charge in [0.2, 0.25) is 0 Å². The van der Waals surface area contributed by atoms with Crippen LogP contribution in [0.2, 0.25) is 0 Å². The number of H-pyrrole nitrogens is 1. The van der Waals surface area contributed by atoms with Crippen LogP contribution in [-0.2, 0) is 0 Å². The Hall–Kier alpha value is -1.49. The molecule has 4 nitrogen and oxygen atoms in total. The van der Waals surface area contributed by atoms with Crippen LogP contribution in [-0.4, -0.2) is 19.7 Å². The zero-order valence-corrected chi connectivity index (χ0v) is 12.4. The number of hydrogen-bond donors (Lipinski definition) is 1. The molecule has 1 atom stereocenters. The molecule has 2 rings (SSSR count). The summed E-state index contributed by atoms with van der Waals surface area (Å²) < 4.78 is 2.79. The lowest BCUT2D eigenvalue weighted by Gasteiger charge is -2.23. The first-order chi connectivity index (χ1) is 9.19. The van der Waals surface area contributed by atoms with Crippen LogP contribution in [0.3, 0.4) is 0 Å². The summed E-state index contributed by atoms with van der Waals surface area (Å²) in [5.74, 6) is 1.47. The molecule has 0 bridgehead atoms. The number of hydrogen-bond acceptors (Lipinski definition) is 3. The van der Waals surface area contributed by atoms with Crippen molar-refractivity contribution in [3.63, 3.8) is 0 Å². The van der Waals surface area contributed by atoms with Gasteiger partial charge in [0.05, 0.1) is 0 Å². The summed E-state index contributed by atoms with van der Waals surface area (Å²) in [5, 5.41) is 7.27. The van der Waals surface area contributed by atoms with Crippen LogP contribution in [0.15, 0.2) is 24.5 Å². The van der Waals surface area contributed by atoms with Gasteiger partial charge in [-0.1, -0.05) is 26.7 Å². The van der Waals surface area contributed by atoms with Crippen molar-refractivity contribution >= 4 is 12.2 Å². The second-order valence-electron chi connectivity index (χ2n) is 4.78. The predicted octanol–water partition coefficient (Wildman–Crippen LogP) is 4.00. The zero-order valence-electron chi connectivity index (χ0n) is 11.6. The monoisotopic (exact) mass is 276 g/mol. The van der Waals surface area contributed by atoms with Crippen LogP contribution in [0.25, 0.3) is 11.4 Å². The molecular weight excluding hydrogens is 256 g/mol. The van der Waals surface area contributed by atoms with E-state index in [1.54, 1.807) is 6.20 Å². The molecule has 0 saturated heterocycles. The van der Waals surface area contributed by atoms with Gasteiger partial charge >= 0.3 is 0 Å². The third-order valence-corrected chi connectivity index (χ3v) is 4.05. The fourth-order valence-corrected chi connectivity index (χ4v) is 2.86. The molecule has 0 aromatic carbocycles. The van der Waals surface area contributed by atoms with Crippen molar-refractivity contribution < 1.29 is 0 Å². The number of aromatic nitrogens is 4. The Morgan fingerprint density at radius 2 is 2.11 bits per heavy atom. The summed E-state index contributed by atoms with van der Waals surface area (Å²) in [5.41, 5.74) is 0.993. The van der Waals surface area contributed by atoms with Crippen molar-refractivity contribution in [3.05, 3.63) is 29.3 Å². The average Bonchev–Trinajstić information content (AvgIpc) is 2.83. The smallest absolute Gasteiger partial charge is 0.195 e.